The number of carbonyl (C=O) groups excluding carboxylic acids is 2. The van der Waals surface area contributed by atoms with Gasteiger partial charge in [0.05, 0.1) is 0 Å². The molecule has 0 radical (unpaired) electrons. The molecule has 6 nitrogen and oxygen atoms in total. The van der Waals surface area contributed by atoms with Gasteiger partial charge < -0.3 is 14.7 Å². The van der Waals surface area contributed by atoms with E-state index in [1.807, 2.05) is 56.5 Å². The summed E-state index contributed by atoms with van der Waals surface area (Å²) in [5, 5.41) is 9.40. The highest BCUT2D eigenvalue weighted by molar-refractivity contribution is 7.98. The molecule has 1 saturated heterocycles. The van der Waals surface area contributed by atoms with E-state index in [4.69, 9.17) is 4.74 Å². The quantitative estimate of drug-likeness (QED) is 0.380. The van der Waals surface area contributed by atoms with Crippen LogP contribution >= 0.6 is 11.8 Å². The van der Waals surface area contributed by atoms with Gasteiger partial charge in [0.15, 0.2) is 11.4 Å². The SMILES string of the molecule is CSc1ccc(C(=O)[C@H]2CN(C(C)=O)CC2CCc2cc(C)c(OC(C)(C)C(=O)O)c(C)c2)cc1. The van der Waals surface area contributed by atoms with Gasteiger partial charge in [0, 0.05) is 36.4 Å². The number of Topliss-reactive ketones (excluding diaryl/α,β-unsaturated/α-hetero) is 1. The molecule has 1 N–H and O–H groups in total. The molecule has 2 atom stereocenters. The van der Waals surface area contributed by atoms with Gasteiger partial charge in [-0.3, -0.25) is 9.59 Å². The van der Waals surface area contributed by atoms with Crippen molar-refractivity contribution in [1.29, 1.82) is 0 Å². The number of thioether (sulfide) groups is 1. The Morgan fingerprint density at radius 1 is 1.09 bits per heavy atom. The van der Waals surface area contributed by atoms with Gasteiger partial charge in [-0.1, -0.05) is 24.3 Å². The molecule has 1 fully saturated rings. The van der Waals surface area contributed by atoms with Crippen molar-refractivity contribution in [2.75, 3.05) is 19.3 Å². The maximum atomic E-state index is 13.4. The molecule has 1 unspecified atom stereocenters. The summed E-state index contributed by atoms with van der Waals surface area (Å²) < 4.78 is 5.82. The fourth-order valence-electron chi connectivity index (χ4n) is 4.68. The van der Waals surface area contributed by atoms with Crippen molar-refractivity contribution >= 4 is 29.4 Å². The topological polar surface area (TPSA) is 83.9 Å². The number of hydrogen-bond acceptors (Lipinski definition) is 5. The first-order valence-corrected chi connectivity index (χ1v) is 13.1. The van der Waals surface area contributed by atoms with E-state index in [2.05, 4.69) is 0 Å². The Bertz CT molecular complexity index is 1090. The molecule has 1 aliphatic heterocycles. The number of hydrogen-bond donors (Lipinski definition) is 1. The largest absolute Gasteiger partial charge is 0.478 e. The number of ketones is 1. The third-order valence-electron chi connectivity index (χ3n) is 6.79. The number of carbonyl (C=O) groups is 3. The molecule has 2 aromatic rings. The molecule has 2 aromatic carbocycles. The Hall–Kier alpha value is -2.80. The highest BCUT2D eigenvalue weighted by Gasteiger charge is 2.38. The number of nitrogens with zero attached hydrogens (tertiary/aromatic N) is 1. The number of rotatable bonds is 9. The molecule has 0 aromatic heterocycles. The third-order valence-corrected chi connectivity index (χ3v) is 7.54. The van der Waals surface area contributed by atoms with Crippen molar-refractivity contribution in [2.24, 2.45) is 11.8 Å². The number of carboxylic acids is 1. The summed E-state index contributed by atoms with van der Waals surface area (Å²) in [5.74, 6) is -0.480. The van der Waals surface area contributed by atoms with E-state index >= 15 is 0 Å². The summed E-state index contributed by atoms with van der Waals surface area (Å²) in [5.41, 5.74) is 2.24. The molecule has 0 aliphatic carbocycles. The number of ether oxygens (including phenoxy) is 1. The van der Waals surface area contributed by atoms with Crippen LogP contribution in [0.1, 0.15) is 54.2 Å². The second-order valence-corrected chi connectivity index (χ2v) is 10.8. The minimum absolute atomic E-state index is 0.00253. The maximum absolute atomic E-state index is 13.4. The monoisotopic (exact) mass is 497 g/mol. The lowest BCUT2D eigenvalue weighted by Crippen LogP contribution is -2.38. The van der Waals surface area contributed by atoms with Crippen LogP contribution in [0.3, 0.4) is 0 Å². The molecule has 1 amide bonds. The zero-order valence-electron chi connectivity index (χ0n) is 21.4. The summed E-state index contributed by atoms with van der Waals surface area (Å²) in [7, 11) is 0. The molecule has 1 heterocycles. The molecule has 188 valence electrons. The predicted octanol–water partition coefficient (Wildman–Crippen LogP) is 5.18. The number of amides is 1. The summed E-state index contributed by atoms with van der Waals surface area (Å²) in [6.07, 6.45) is 3.54. The lowest BCUT2D eigenvalue weighted by molar-refractivity contribution is -0.152. The number of likely N-dealkylation sites (tertiary alicyclic amines) is 1. The standard InChI is InChI=1S/C28H35NO5S/c1-17-13-20(14-18(2)26(17)34-28(4,5)27(32)33)7-8-22-15-29(19(3)30)16-24(22)25(31)21-9-11-23(35-6)12-10-21/h9-14,22,24H,7-8,15-16H2,1-6H3,(H,32,33)/t22?,24-/m0/s1. The zero-order valence-corrected chi connectivity index (χ0v) is 22.2. The van der Waals surface area contributed by atoms with E-state index in [0.29, 0.717) is 24.4 Å². The van der Waals surface area contributed by atoms with Crippen molar-refractivity contribution < 1.29 is 24.2 Å². The fraction of sp³-hybridized carbons (Fsp3) is 0.464. The maximum Gasteiger partial charge on any atom is 0.347 e. The van der Waals surface area contributed by atoms with Gasteiger partial charge in [-0.25, -0.2) is 4.79 Å². The first kappa shape index (κ1) is 26.8. The second kappa shape index (κ2) is 10.9. The highest BCUT2D eigenvalue weighted by atomic mass is 32.2. The van der Waals surface area contributed by atoms with Gasteiger partial charge in [0.1, 0.15) is 5.75 Å². The van der Waals surface area contributed by atoms with Crippen molar-refractivity contribution in [2.45, 2.75) is 58.0 Å². The Labute approximate surface area is 212 Å². The fourth-order valence-corrected chi connectivity index (χ4v) is 5.09. The normalized spacial score (nSPS) is 17.9. The molecular weight excluding hydrogens is 462 g/mol. The van der Waals surface area contributed by atoms with Gasteiger partial charge in [-0.15, -0.1) is 11.8 Å². The summed E-state index contributed by atoms with van der Waals surface area (Å²) in [4.78, 5) is 39.8. The smallest absolute Gasteiger partial charge is 0.347 e. The van der Waals surface area contributed by atoms with Crippen LogP contribution in [0.4, 0.5) is 0 Å². The van der Waals surface area contributed by atoms with E-state index in [1.165, 1.54) is 13.8 Å². The first-order valence-electron chi connectivity index (χ1n) is 11.9. The molecule has 1 aliphatic rings. The van der Waals surface area contributed by atoms with Crippen LogP contribution in [0.5, 0.6) is 5.75 Å². The lowest BCUT2D eigenvalue weighted by atomic mass is 9.84. The van der Waals surface area contributed by atoms with Crippen molar-refractivity contribution in [1.82, 2.24) is 4.90 Å². The molecule has 35 heavy (non-hydrogen) atoms. The van der Waals surface area contributed by atoms with E-state index in [1.54, 1.807) is 23.6 Å². The Morgan fingerprint density at radius 2 is 1.69 bits per heavy atom. The second-order valence-electron chi connectivity index (χ2n) is 9.90. The lowest BCUT2D eigenvalue weighted by Gasteiger charge is -2.25. The molecule has 0 bridgehead atoms. The van der Waals surface area contributed by atoms with Crippen molar-refractivity contribution in [3.8, 4) is 5.75 Å². The van der Waals surface area contributed by atoms with Gasteiger partial charge in [-0.2, -0.15) is 0 Å². The molecule has 0 spiro atoms. The predicted molar refractivity (Wildman–Crippen MR) is 138 cm³/mol. The van der Waals surface area contributed by atoms with Gasteiger partial charge >= 0.3 is 5.97 Å². The van der Waals surface area contributed by atoms with Crippen LogP contribution in [0, 0.1) is 25.7 Å². The number of carboxylic acid groups (broad SMARTS) is 1. The Morgan fingerprint density at radius 3 is 2.20 bits per heavy atom. The van der Waals surface area contributed by atoms with E-state index in [0.717, 1.165) is 34.4 Å². The van der Waals surface area contributed by atoms with Crippen LogP contribution in [-0.2, 0) is 16.0 Å². The van der Waals surface area contributed by atoms with Crippen molar-refractivity contribution in [3.63, 3.8) is 0 Å². The third kappa shape index (κ3) is 6.26. The zero-order chi connectivity index (χ0) is 25.9. The van der Waals surface area contributed by atoms with Gasteiger partial charge in [0.2, 0.25) is 5.91 Å². The van der Waals surface area contributed by atoms with Crippen LogP contribution in [-0.4, -0.2) is 52.6 Å². The minimum atomic E-state index is -1.32. The van der Waals surface area contributed by atoms with E-state index in [9.17, 15) is 19.5 Å². The first-order chi connectivity index (χ1) is 16.4. The number of aliphatic carboxylic acids is 1. The van der Waals surface area contributed by atoms with Crippen LogP contribution in [0.25, 0.3) is 0 Å². The Balaban J connectivity index is 1.76. The molecular formula is C28H35NO5S. The van der Waals surface area contributed by atoms with Crippen LogP contribution in [0.15, 0.2) is 41.3 Å². The number of benzene rings is 2. The summed E-state index contributed by atoms with van der Waals surface area (Å²) in [6.45, 7) is 9.51. The summed E-state index contributed by atoms with van der Waals surface area (Å²) in [6, 6.07) is 11.7. The average Bonchev–Trinajstić information content (AvgIpc) is 3.24. The molecule has 3 rings (SSSR count). The molecule has 7 heteroatoms. The van der Waals surface area contributed by atoms with Gasteiger partial charge in [-0.05, 0) is 81.5 Å². The summed E-state index contributed by atoms with van der Waals surface area (Å²) >= 11 is 1.64. The number of aryl methyl sites for hydroxylation is 3. The van der Waals surface area contributed by atoms with Gasteiger partial charge in [0.25, 0.3) is 0 Å². The minimum Gasteiger partial charge on any atom is -0.478 e. The van der Waals surface area contributed by atoms with E-state index in [-0.39, 0.29) is 23.5 Å². The molecule has 0 saturated carbocycles. The van der Waals surface area contributed by atoms with E-state index < -0.39 is 11.6 Å². The highest BCUT2D eigenvalue weighted by Crippen LogP contribution is 2.33. The van der Waals surface area contributed by atoms with Crippen LogP contribution < -0.4 is 4.74 Å². The van der Waals surface area contributed by atoms with Crippen LogP contribution in [0.2, 0.25) is 0 Å². The van der Waals surface area contributed by atoms with Crippen molar-refractivity contribution in [3.05, 3.63) is 58.7 Å². The average molecular weight is 498 g/mol. The Kier molecular flexibility index (Phi) is 8.31.